The van der Waals surface area contributed by atoms with Gasteiger partial charge in [-0.2, -0.15) is 10.2 Å². The van der Waals surface area contributed by atoms with Crippen LogP contribution in [0.3, 0.4) is 0 Å². The van der Waals surface area contributed by atoms with Crippen molar-refractivity contribution in [3.05, 3.63) is 84.7 Å². The van der Waals surface area contributed by atoms with Gasteiger partial charge in [-0.25, -0.2) is 9.97 Å². The van der Waals surface area contributed by atoms with Gasteiger partial charge in [-0.3, -0.25) is 0 Å². The van der Waals surface area contributed by atoms with E-state index in [9.17, 15) is 0 Å². The van der Waals surface area contributed by atoms with Crippen LogP contribution >= 0.6 is 0 Å². The van der Waals surface area contributed by atoms with Crippen molar-refractivity contribution in [1.29, 1.82) is 0 Å². The van der Waals surface area contributed by atoms with Gasteiger partial charge in [-0.05, 0) is 64.7 Å². The van der Waals surface area contributed by atoms with Crippen molar-refractivity contribution in [3.63, 3.8) is 0 Å². The highest BCUT2D eigenvalue weighted by Crippen LogP contribution is 2.37. The first-order valence-corrected chi connectivity index (χ1v) is 12.0. The fourth-order valence-corrected chi connectivity index (χ4v) is 5.69. The molecule has 0 radical (unpaired) electrons. The van der Waals surface area contributed by atoms with Crippen LogP contribution in [-0.2, 0) is 0 Å². The van der Waals surface area contributed by atoms with Crippen molar-refractivity contribution in [1.82, 2.24) is 30.1 Å². The van der Waals surface area contributed by atoms with Crippen LogP contribution in [-0.4, -0.2) is 30.1 Å². The Kier molecular flexibility index (Phi) is 3.71. The third kappa shape index (κ3) is 2.61. The summed E-state index contributed by atoms with van der Waals surface area (Å²) in [7, 11) is 0. The standard InChI is InChI=1S/C30H20N6/c1-15-33-27-10-9-21-20-6-3-17(11-19(20)5-8-22(21)28(27)34-15)18-4-7-23-24(12-18)25-13-31-32-14-26(25)30-29(23)35-16(2)36-30/h3-14H,1-2H3,(H,33,34)(H,35,36). The molecule has 36 heavy (non-hydrogen) atoms. The Morgan fingerprint density at radius 1 is 0.528 bits per heavy atom. The van der Waals surface area contributed by atoms with Crippen LogP contribution < -0.4 is 0 Å². The average molecular weight is 465 g/mol. The number of aromatic nitrogens is 6. The Bertz CT molecular complexity index is 2180. The Morgan fingerprint density at radius 2 is 1.22 bits per heavy atom. The van der Waals surface area contributed by atoms with Crippen LogP contribution in [0, 0.1) is 13.8 Å². The Labute approximate surface area is 205 Å². The number of benzene rings is 5. The minimum atomic E-state index is 0.892. The van der Waals surface area contributed by atoms with Gasteiger partial charge in [0.05, 0.1) is 34.5 Å². The van der Waals surface area contributed by atoms with E-state index in [4.69, 9.17) is 9.97 Å². The summed E-state index contributed by atoms with van der Waals surface area (Å²) in [4.78, 5) is 16.2. The molecule has 3 aromatic heterocycles. The summed E-state index contributed by atoms with van der Waals surface area (Å²) in [6.45, 7) is 3.98. The van der Waals surface area contributed by atoms with E-state index in [1.807, 2.05) is 26.2 Å². The van der Waals surface area contributed by atoms with E-state index < -0.39 is 0 Å². The molecule has 2 N–H and O–H groups in total. The second kappa shape index (κ2) is 6.86. The molecule has 0 aliphatic heterocycles. The summed E-state index contributed by atoms with van der Waals surface area (Å²) < 4.78 is 0. The quantitative estimate of drug-likeness (QED) is 0.253. The number of H-pyrrole nitrogens is 2. The summed E-state index contributed by atoms with van der Waals surface area (Å²) >= 11 is 0. The van der Waals surface area contributed by atoms with E-state index in [-0.39, 0.29) is 0 Å². The molecule has 0 saturated heterocycles. The number of nitrogens with zero attached hydrogens (tertiary/aromatic N) is 4. The number of rotatable bonds is 1. The molecule has 6 heteroatoms. The van der Waals surface area contributed by atoms with Gasteiger partial charge < -0.3 is 9.97 Å². The van der Waals surface area contributed by atoms with Crippen molar-refractivity contribution in [3.8, 4) is 11.1 Å². The zero-order chi connectivity index (χ0) is 24.0. The van der Waals surface area contributed by atoms with E-state index in [1.54, 1.807) is 0 Å². The Morgan fingerprint density at radius 3 is 2.11 bits per heavy atom. The molecule has 6 nitrogen and oxygen atoms in total. The normalized spacial score (nSPS) is 12.2. The highest BCUT2D eigenvalue weighted by molar-refractivity contribution is 6.23. The van der Waals surface area contributed by atoms with Crippen LogP contribution in [0.15, 0.2) is 73.1 Å². The number of aromatic amines is 2. The topological polar surface area (TPSA) is 83.1 Å². The lowest BCUT2D eigenvalue weighted by atomic mass is 9.94. The molecule has 5 aromatic carbocycles. The van der Waals surface area contributed by atoms with Crippen LogP contribution in [0.2, 0.25) is 0 Å². The Hall–Kier alpha value is -4.84. The molecule has 0 unspecified atom stereocenters. The Balaban J connectivity index is 1.36. The van der Waals surface area contributed by atoms with Gasteiger partial charge in [-0.1, -0.05) is 42.5 Å². The molecule has 3 heterocycles. The van der Waals surface area contributed by atoms with Gasteiger partial charge in [0.15, 0.2) is 0 Å². The number of imidazole rings is 2. The molecule has 0 aliphatic rings. The predicted molar refractivity (Wildman–Crippen MR) is 146 cm³/mol. The smallest absolute Gasteiger partial charge is 0.104 e. The summed E-state index contributed by atoms with van der Waals surface area (Å²) in [5, 5.41) is 17.5. The van der Waals surface area contributed by atoms with E-state index in [2.05, 4.69) is 80.8 Å². The second-order valence-electron chi connectivity index (χ2n) is 9.50. The summed E-state index contributed by atoms with van der Waals surface area (Å²) in [6.07, 6.45) is 3.65. The first-order valence-electron chi connectivity index (χ1n) is 12.0. The average Bonchev–Trinajstić information content (AvgIpc) is 3.49. The molecule has 170 valence electrons. The molecule has 0 atom stereocenters. The fourth-order valence-electron chi connectivity index (χ4n) is 5.69. The van der Waals surface area contributed by atoms with Gasteiger partial charge in [-0.15, -0.1) is 0 Å². The minimum absolute atomic E-state index is 0.892. The molecule has 0 saturated carbocycles. The lowest BCUT2D eigenvalue weighted by Gasteiger charge is -2.10. The maximum Gasteiger partial charge on any atom is 0.104 e. The van der Waals surface area contributed by atoms with Crippen LogP contribution in [0.4, 0.5) is 0 Å². The van der Waals surface area contributed by atoms with Crippen LogP contribution in [0.1, 0.15) is 11.6 Å². The zero-order valence-electron chi connectivity index (χ0n) is 19.7. The molecule has 8 rings (SSSR count). The maximum absolute atomic E-state index is 4.72. The molecular weight excluding hydrogens is 444 g/mol. The second-order valence-corrected chi connectivity index (χ2v) is 9.50. The zero-order valence-corrected chi connectivity index (χ0v) is 19.7. The van der Waals surface area contributed by atoms with E-state index in [0.29, 0.717) is 0 Å². The van der Waals surface area contributed by atoms with Crippen molar-refractivity contribution in [2.24, 2.45) is 0 Å². The fraction of sp³-hybridized carbons (Fsp3) is 0.0667. The molecule has 0 spiro atoms. The monoisotopic (exact) mass is 464 g/mol. The van der Waals surface area contributed by atoms with Crippen LogP contribution in [0.25, 0.3) is 76.3 Å². The first-order chi connectivity index (χ1) is 17.6. The third-order valence-corrected chi connectivity index (χ3v) is 7.30. The third-order valence-electron chi connectivity index (χ3n) is 7.30. The number of hydrogen-bond donors (Lipinski definition) is 2. The maximum atomic E-state index is 4.72. The molecule has 8 aromatic rings. The number of nitrogens with one attached hydrogen (secondary N) is 2. The number of fused-ring (bicyclic) bond motifs is 11. The van der Waals surface area contributed by atoms with E-state index in [1.165, 1.54) is 27.1 Å². The van der Waals surface area contributed by atoms with Gasteiger partial charge in [0.25, 0.3) is 0 Å². The van der Waals surface area contributed by atoms with Crippen molar-refractivity contribution in [2.45, 2.75) is 13.8 Å². The lowest BCUT2D eigenvalue weighted by molar-refractivity contribution is 1.05. The molecule has 0 bridgehead atoms. The van der Waals surface area contributed by atoms with Gasteiger partial charge in [0, 0.05) is 21.5 Å². The van der Waals surface area contributed by atoms with E-state index >= 15 is 0 Å². The highest BCUT2D eigenvalue weighted by Gasteiger charge is 2.14. The van der Waals surface area contributed by atoms with Crippen molar-refractivity contribution < 1.29 is 0 Å². The SMILES string of the molecule is Cc1nc2c(ccc3c4ccc(-c5ccc6c(c5)c5cnncc5c5nc(C)[nH]c65)cc4ccc32)[nH]1. The molecule has 0 aliphatic carbocycles. The van der Waals surface area contributed by atoms with Gasteiger partial charge in [0.1, 0.15) is 11.6 Å². The molecule has 0 fully saturated rings. The predicted octanol–water partition coefficient (Wildman–Crippen LogP) is 7.13. The first kappa shape index (κ1) is 19.5. The number of aryl methyl sites for hydroxylation is 2. The number of hydrogen-bond acceptors (Lipinski definition) is 4. The lowest BCUT2D eigenvalue weighted by Crippen LogP contribution is -1.87. The summed E-state index contributed by atoms with van der Waals surface area (Å²) in [6, 6.07) is 22.1. The molecule has 0 amide bonds. The van der Waals surface area contributed by atoms with Crippen molar-refractivity contribution >= 4 is 65.2 Å². The largest absolute Gasteiger partial charge is 0.342 e. The van der Waals surface area contributed by atoms with Gasteiger partial charge >= 0.3 is 0 Å². The summed E-state index contributed by atoms with van der Waals surface area (Å²) in [5.74, 6) is 1.83. The molecular formula is C30H20N6. The van der Waals surface area contributed by atoms with Crippen LogP contribution in [0.5, 0.6) is 0 Å². The van der Waals surface area contributed by atoms with Gasteiger partial charge in [0.2, 0.25) is 0 Å². The van der Waals surface area contributed by atoms with Crippen molar-refractivity contribution in [2.75, 3.05) is 0 Å². The minimum Gasteiger partial charge on any atom is -0.342 e. The van der Waals surface area contributed by atoms with E-state index in [0.717, 1.165) is 60.8 Å². The summed E-state index contributed by atoms with van der Waals surface area (Å²) in [5.41, 5.74) is 6.43. The highest BCUT2D eigenvalue weighted by atomic mass is 15.1.